The summed E-state index contributed by atoms with van der Waals surface area (Å²) in [5.41, 5.74) is 3.53. The molecule has 0 radical (unpaired) electrons. The molecule has 0 saturated heterocycles. The predicted molar refractivity (Wildman–Crippen MR) is 87.1 cm³/mol. The van der Waals surface area contributed by atoms with Crippen molar-refractivity contribution in [3.63, 3.8) is 0 Å². The highest BCUT2D eigenvalue weighted by molar-refractivity contribution is 6.06. The molecule has 1 heterocycles. The average molecular weight is 283 g/mol. The van der Waals surface area contributed by atoms with E-state index in [4.69, 9.17) is 0 Å². The molecule has 110 valence electrons. The van der Waals surface area contributed by atoms with E-state index in [0.717, 1.165) is 16.9 Å². The molecule has 0 bridgehead atoms. The molecule has 0 unspecified atom stereocenters. The molecule has 4 heteroatoms. The van der Waals surface area contributed by atoms with Crippen molar-refractivity contribution in [1.29, 1.82) is 0 Å². The topological polar surface area (TPSA) is 45.2 Å². The first-order chi connectivity index (χ1) is 10.0. The van der Waals surface area contributed by atoms with Crippen LogP contribution in [0.2, 0.25) is 0 Å². The predicted octanol–water partition coefficient (Wildman–Crippen LogP) is 3.41. The van der Waals surface area contributed by atoms with E-state index in [2.05, 4.69) is 10.3 Å². The minimum Gasteiger partial charge on any atom is -0.373 e. The summed E-state index contributed by atoms with van der Waals surface area (Å²) < 4.78 is 0. The first kappa shape index (κ1) is 15.0. The Hall–Kier alpha value is -2.36. The van der Waals surface area contributed by atoms with Crippen LogP contribution >= 0.6 is 0 Å². The number of hydrogen-bond acceptors (Lipinski definition) is 3. The second-order valence-electron chi connectivity index (χ2n) is 5.02. The lowest BCUT2D eigenvalue weighted by atomic mass is 10.1. The molecule has 21 heavy (non-hydrogen) atoms. The molecular weight excluding hydrogens is 262 g/mol. The maximum atomic E-state index is 12.8. The van der Waals surface area contributed by atoms with Gasteiger partial charge in [0.15, 0.2) is 0 Å². The van der Waals surface area contributed by atoms with E-state index in [0.29, 0.717) is 17.9 Å². The minimum absolute atomic E-state index is 0.00917. The Morgan fingerprint density at radius 1 is 1.24 bits per heavy atom. The van der Waals surface area contributed by atoms with Gasteiger partial charge in [0.1, 0.15) is 5.82 Å². The summed E-state index contributed by atoms with van der Waals surface area (Å²) in [5.74, 6) is 0.698. The van der Waals surface area contributed by atoms with Crippen molar-refractivity contribution in [3.8, 4) is 0 Å². The van der Waals surface area contributed by atoms with Crippen LogP contribution in [-0.4, -0.2) is 24.5 Å². The highest BCUT2D eigenvalue weighted by Gasteiger charge is 2.17. The lowest BCUT2D eigenvalue weighted by molar-refractivity contribution is 0.0988. The summed E-state index contributed by atoms with van der Waals surface area (Å²) >= 11 is 0. The Labute approximate surface area is 125 Å². The average Bonchev–Trinajstić information content (AvgIpc) is 2.47. The number of nitrogens with zero attached hydrogens (tertiary/aromatic N) is 2. The number of carbonyl (C=O) groups is 1. The Bertz CT molecular complexity index is 652. The monoisotopic (exact) mass is 283 g/mol. The minimum atomic E-state index is -0.00917. The highest BCUT2D eigenvalue weighted by atomic mass is 16.2. The SMILES string of the molecule is CCN(C(=O)c1cc(C)nc(NC)c1)c1cccc(C)c1. The van der Waals surface area contributed by atoms with E-state index in [1.807, 2.05) is 51.1 Å². The molecule has 1 N–H and O–H groups in total. The molecule has 4 nitrogen and oxygen atoms in total. The number of aromatic nitrogens is 1. The van der Waals surface area contributed by atoms with E-state index in [9.17, 15) is 4.79 Å². The molecule has 1 aromatic heterocycles. The van der Waals surface area contributed by atoms with E-state index in [-0.39, 0.29) is 5.91 Å². The molecule has 2 rings (SSSR count). The molecule has 0 saturated carbocycles. The molecule has 2 aromatic rings. The number of nitrogens with one attached hydrogen (secondary N) is 1. The van der Waals surface area contributed by atoms with Gasteiger partial charge in [-0.1, -0.05) is 12.1 Å². The summed E-state index contributed by atoms with van der Waals surface area (Å²) in [7, 11) is 1.80. The van der Waals surface area contributed by atoms with Crippen molar-refractivity contribution in [3.05, 3.63) is 53.2 Å². The van der Waals surface area contributed by atoms with Gasteiger partial charge in [-0.2, -0.15) is 0 Å². The van der Waals surface area contributed by atoms with Gasteiger partial charge in [-0.05, 0) is 50.6 Å². The zero-order chi connectivity index (χ0) is 15.4. The maximum absolute atomic E-state index is 12.8. The summed E-state index contributed by atoms with van der Waals surface area (Å²) in [4.78, 5) is 18.9. The number of pyridine rings is 1. The van der Waals surface area contributed by atoms with Crippen LogP contribution in [0.1, 0.15) is 28.5 Å². The number of amides is 1. The number of anilines is 2. The molecule has 1 amide bonds. The number of hydrogen-bond donors (Lipinski definition) is 1. The maximum Gasteiger partial charge on any atom is 0.258 e. The Morgan fingerprint density at radius 3 is 2.62 bits per heavy atom. The van der Waals surface area contributed by atoms with Gasteiger partial charge in [-0.25, -0.2) is 4.98 Å². The number of aryl methyl sites for hydroxylation is 2. The van der Waals surface area contributed by atoms with Crippen LogP contribution in [0.5, 0.6) is 0 Å². The van der Waals surface area contributed by atoms with Crippen LogP contribution in [0, 0.1) is 13.8 Å². The lowest BCUT2D eigenvalue weighted by Gasteiger charge is -2.22. The largest absolute Gasteiger partial charge is 0.373 e. The van der Waals surface area contributed by atoms with E-state index < -0.39 is 0 Å². The van der Waals surface area contributed by atoms with E-state index >= 15 is 0 Å². The quantitative estimate of drug-likeness (QED) is 0.935. The normalized spacial score (nSPS) is 10.3. The molecule has 0 aliphatic carbocycles. The van der Waals surface area contributed by atoms with Gasteiger partial charge >= 0.3 is 0 Å². The lowest BCUT2D eigenvalue weighted by Crippen LogP contribution is -2.30. The number of carbonyl (C=O) groups excluding carboxylic acids is 1. The molecule has 0 aliphatic rings. The molecule has 1 aromatic carbocycles. The number of rotatable bonds is 4. The zero-order valence-corrected chi connectivity index (χ0v) is 13.0. The van der Waals surface area contributed by atoms with Crippen LogP contribution < -0.4 is 10.2 Å². The van der Waals surface area contributed by atoms with E-state index in [1.165, 1.54) is 0 Å². The van der Waals surface area contributed by atoms with Gasteiger partial charge in [0.2, 0.25) is 0 Å². The van der Waals surface area contributed by atoms with Gasteiger partial charge in [-0.15, -0.1) is 0 Å². The summed E-state index contributed by atoms with van der Waals surface area (Å²) in [6.07, 6.45) is 0. The smallest absolute Gasteiger partial charge is 0.258 e. The zero-order valence-electron chi connectivity index (χ0n) is 13.0. The Morgan fingerprint density at radius 2 is 2.00 bits per heavy atom. The van der Waals surface area contributed by atoms with Crippen LogP contribution in [0.25, 0.3) is 0 Å². The highest BCUT2D eigenvalue weighted by Crippen LogP contribution is 2.20. The molecule has 0 fully saturated rings. The fraction of sp³-hybridized carbons (Fsp3) is 0.294. The Balaban J connectivity index is 2.39. The second kappa shape index (κ2) is 6.39. The molecule has 0 spiro atoms. The standard InChI is InChI=1S/C17H21N3O/c1-5-20(15-8-6-7-12(2)9-15)17(21)14-10-13(3)19-16(11-14)18-4/h6-11H,5H2,1-4H3,(H,18,19). The first-order valence-corrected chi connectivity index (χ1v) is 7.10. The van der Waals surface area contributed by atoms with Crippen molar-refractivity contribution < 1.29 is 4.79 Å². The van der Waals surface area contributed by atoms with Crippen molar-refractivity contribution >= 4 is 17.4 Å². The third-order valence-corrected chi connectivity index (χ3v) is 3.33. The number of benzene rings is 1. The van der Waals surface area contributed by atoms with Crippen LogP contribution in [0.15, 0.2) is 36.4 Å². The fourth-order valence-corrected chi connectivity index (χ4v) is 2.32. The fourth-order valence-electron chi connectivity index (χ4n) is 2.32. The van der Waals surface area contributed by atoms with Crippen LogP contribution in [0.3, 0.4) is 0 Å². The van der Waals surface area contributed by atoms with E-state index in [1.54, 1.807) is 18.0 Å². The Kier molecular flexibility index (Phi) is 4.58. The van der Waals surface area contributed by atoms with Gasteiger partial charge in [0, 0.05) is 30.5 Å². The van der Waals surface area contributed by atoms with Crippen molar-refractivity contribution in [2.45, 2.75) is 20.8 Å². The van der Waals surface area contributed by atoms with Crippen molar-refractivity contribution in [1.82, 2.24) is 4.98 Å². The van der Waals surface area contributed by atoms with Crippen LogP contribution in [-0.2, 0) is 0 Å². The third kappa shape index (κ3) is 3.40. The van der Waals surface area contributed by atoms with Gasteiger partial charge in [-0.3, -0.25) is 4.79 Å². The summed E-state index contributed by atoms with van der Waals surface area (Å²) in [6.45, 7) is 6.52. The molecule has 0 atom stereocenters. The molecule has 0 aliphatic heterocycles. The first-order valence-electron chi connectivity index (χ1n) is 7.10. The summed E-state index contributed by atoms with van der Waals surface area (Å²) in [5, 5.41) is 2.99. The second-order valence-corrected chi connectivity index (χ2v) is 5.02. The van der Waals surface area contributed by atoms with Crippen molar-refractivity contribution in [2.75, 3.05) is 23.8 Å². The van der Waals surface area contributed by atoms with Gasteiger partial charge in [0.05, 0.1) is 0 Å². The van der Waals surface area contributed by atoms with Crippen molar-refractivity contribution in [2.24, 2.45) is 0 Å². The van der Waals surface area contributed by atoms with Gasteiger partial charge in [0.25, 0.3) is 5.91 Å². The molecular formula is C17H21N3O. The van der Waals surface area contributed by atoms with Crippen LogP contribution in [0.4, 0.5) is 11.5 Å². The van der Waals surface area contributed by atoms with Gasteiger partial charge < -0.3 is 10.2 Å². The summed E-state index contributed by atoms with van der Waals surface area (Å²) in [6, 6.07) is 11.6. The third-order valence-electron chi connectivity index (χ3n) is 3.33.